The molecular formula is C16H15NO5S. The quantitative estimate of drug-likeness (QED) is 0.683. The molecule has 1 aromatic carbocycles. The molecule has 1 aliphatic rings. The van der Waals surface area contributed by atoms with Crippen molar-refractivity contribution >= 4 is 29.3 Å². The van der Waals surface area contributed by atoms with Crippen molar-refractivity contribution in [3.8, 4) is 5.75 Å². The van der Waals surface area contributed by atoms with Gasteiger partial charge in [0, 0.05) is 0 Å². The van der Waals surface area contributed by atoms with Crippen LogP contribution >= 0.6 is 11.8 Å². The first kappa shape index (κ1) is 15.5. The number of ether oxygens (including phenoxy) is 2. The predicted molar refractivity (Wildman–Crippen MR) is 84.9 cm³/mol. The van der Waals surface area contributed by atoms with Gasteiger partial charge in [-0.3, -0.25) is 4.79 Å². The molecule has 0 saturated carbocycles. The number of furan rings is 1. The predicted octanol–water partition coefficient (Wildman–Crippen LogP) is 3.25. The Morgan fingerprint density at radius 2 is 2.17 bits per heavy atom. The highest BCUT2D eigenvalue weighted by Crippen LogP contribution is 2.32. The molecule has 0 fully saturated rings. The number of thioether (sulfide) groups is 1. The maximum Gasteiger partial charge on any atom is 0.374 e. The number of rotatable bonds is 4. The van der Waals surface area contributed by atoms with Crippen LogP contribution in [-0.2, 0) is 9.53 Å². The van der Waals surface area contributed by atoms with E-state index in [1.807, 2.05) is 6.26 Å². The van der Waals surface area contributed by atoms with Crippen LogP contribution in [0.4, 0.5) is 5.69 Å². The van der Waals surface area contributed by atoms with Crippen molar-refractivity contribution in [2.24, 2.45) is 0 Å². The zero-order valence-corrected chi connectivity index (χ0v) is 13.4. The summed E-state index contributed by atoms with van der Waals surface area (Å²) in [7, 11) is 0. The Morgan fingerprint density at radius 3 is 2.91 bits per heavy atom. The lowest BCUT2D eigenvalue weighted by Gasteiger charge is -2.20. The van der Waals surface area contributed by atoms with Gasteiger partial charge in [0.2, 0.25) is 5.76 Å². The van der Waals surface area contributed by atoms with E-state index in [9.17, 15) is 9.59 Å². The highest BCUT2D eigenvalue weighted by Gasteiger charge is 2.20. The summed E-state index contributed by atoms with van der Waals surface area (Å²) in [6.45, 7) is 1.76. The summed E-state index contributed by atoms with van der Waals surface area (Å²) in [5.41, 5.74) is 1.32. The van der Waals surface area contributed by atoms with E-state index in [0.717, 1.165) is 5.56 Å². The van der Waals surface area contributed by atoms with Gasteiger partial charge in [0.15, 0.2) is 11.7 Å². The smallest absolute Gasteiger partial charge is 0.374 e. The Kier molecular flexibility index (Phi) is 4.29. The highest BCUT2D eigenvalue weighted by molar-refractivity contribution is 7.98. The topological polar surface area (TPSA) is 77.8 Å². The van der Waals surface area contributed by atoms with E-state index >= 15 is 0 Å². The lowest BCUT2D eigenvalue weighted by Crippen LogP contribution is -2.25. The number of esters is 1. The van der Waals surface area contributed by atoms with Gasteiger partial charge in [-0.05, 0) is 43.0 Å². The first-order chi connectivity index (χ1) is 11.1. The van der Waals surface area contributed by atoms with Gasteiger partial charge in [0.05, 0.1) is 5.69 Å². The first-order valence-corrected chi connectivity index (χ1v) is 8.20. The largest absolute Gasteiger partial charge is 0.482 e. The van der Waals surface area contributed by atoms with Gasteiger partial charge in [-0.15, -0.1) is 0 Å². The van der Waals surface area contributed by atoms with Crippen LogP contribution in [0.25, 0.3) is 0 Å². The second kappa shape index (κ2) is 6.37. The van der Waals surface area contributed by atoms with Crippen LogP contribution in [0.5, 0.6) is 5.75 Å². The van der Waals surface area contributed by atoms with E-state index in [1.54, 1.807) is 37.3 Å². The van der Waals surface area contributed by atoms with Gasteiger partial charge in [-0.1, -0.05) is 17.8 Å². The molecule has 1 aliphatic heterocycles. The molecule has 2 heterocycles. The third kappa shape index (κ3) is 3.34. The molecule has 23 heavy (non-hydrogen) atoms. The number of hydrogen-bond acceptors (Lipinski definition) is 6. The molecule has 1 N–H and O–H groups in total. The van der Waals surface area contributed by atoms with E-state index in [0.29, 0.717) is 16.5 Å². The van der Waals surface area contributed by atoms with E-state index in [-0.39, 0.29) is 18.3 Å². The molecule has 1 aromatic heterocycles. The number of hydrogen-bond donors (Lipinski definition) is 1. The molecule has 0 radical (unpaired) electrons. The fraction of sp³-hybridized carbons (Fsp3) is 0.250. The van der Waals surface area contributed by atoms with Crippen molar-refractivity contribution in [1.82, 2.24) is 0 Å². The molecule has 1 amide bonds. The van der Waals surface area contributed by atoms with E-state index < -0.39 is 12.1 Å². The van der Waals surface area contributed by atoms with E-state index in [2.05, 4.69) is 5.32 Å². The Balaban J connectivity index is 1.73. The lowest BCUT2D eigenvalue weighted by atomic mass is 10.1. The summed E-state index contributed by atoms with van der Waals surface area (Å²) in [5.74, 6) is 0.0219. The van der Waals surface area contributed by atoms with E-state index in [1.165, 1.54) is 11.8 Å². The van der Waals surface area contributed by atoms with Crippen molar-refractivity contribution < 1.29 is 23.5 Å². The molecule has 2 aromatic rings. The normalized spacial score (nSPS) is 14.4. The number of fused-ring (bicyclic) bond motifs is 1. The van der Waals surface area contributed by atoms with E-state index in [4.69, 9.17) is 13.9 Å². The molecule has 0 aliphatic carbocycles. The molecule has 1 unspecified atom stereocenters. The fourth-order valence-corrected chi connectivity index (χ4v) is 2.56. The van der Waals surface area contributed by atoms with Crippen molar-refractivity contribution in [3.05, 3.63) is 41.7 Å². The lowest BCUT2D eigenvalue weighted by molar-refractivity contribution is -0.118. The third-order valence-corrected chi connectivity index (χ3v) is 4.00. The summed E-state index contributed by atoms with van der Waals surface area (Å²) in [5, 5.41) is 3.38. The molecule has 1 atom stereocenters. The van der Waals surface area contributed by atoms with Gasteiger partial charge >= 0.3 is 5.97 Å². The summed E-state index contributed by atoms with van der Waals surface area (Å²) in [6.07, 6.45) is 1.37. The average molecular weight is 333 g/mol. The summed E-state index contributed by atoms with van der Waals surface area (Å²) >= 11 is 1.41. The number of nitrogens with one attached hydrogen (secondary N) is 1. The Morgan fingerprint density at radius 1 is 1.35 bits per heavy atom. The molecule has 0 bridgehead atoms. The van der Waals surface area contributed by atoms with Gasteiger partial charge in [0.1, 0.15) is 11.9 Å². The number of benzene rings is 1. The molecular weight excluding hydrogens is 318 g/mol. The highest BCUT2D eigenvalue weighted by atomic mass is 32.2. The molecule has 0 spiro atoms. The van der Waals surface area contributed by atoms with Crippen molar-refractivity contribution in [3.63, 3.8) is 0 Å². The van der Waals surface area contributed by atoms with Crippen molar-refractivity contribution in [2.75, 3.05) is 18.2 Å². The minimum atomic E-state index is -0.532. The van der Waals surface area contributed by atoms with Gasteiger partial charge in [0.25, 0.3) is 5.91 Å². The Labute approximate surface area is 137 Å². The maximum absolute atomic E-state index is 12.1. The van der Waals surface area contributed by atoms with Gasteiger partial charge in [-0.25, -0.2) is 4.79 Å². The average Bonchev–Trinajstić information content (AvgIpc) is 3.03. The van der Waals surface area contributed by atoms with Crippen molar-refractivity contribution in [1.29, 1.82) is 0 Å². The standard InChI is InChI=1S/C16H15NO5S/c1-9(21-16(19)13-5-6-15(22-13)23-2)10-3-4-12-11(7-10)17-14(18)8-20-12/h3-7,9H,8H2,1-2H3,(H,17,18). The minimum absolute atomic E-state index is 0.00710. The van der Waals surface area contributed by atoms with Crippen LogP contribution in [0.15, 0.2) is 39.8 Å². The van der Waals surface area contributed by atoms with Crippen LogP contribution in [0.2, 0.25) is 0 Å². The summed E-state index contributed by atoms with van der Waals surface area (Å²) < 4.78 is 16.0. The molecule has 7 heteroatoms. The Hall–Kier alpha value is -2.41. The number of anilines is 1. The van der Waals surface area contributed by atoms with Crippen molar-refractivity contribution in [2.45, 2.75) is 18.1 Å². The number of carbonyl (C=O) groups excluding carboxylic acids is 2. The van der Waals surface area contributed by atoms with Crippen LogP contribution in [0.1, 0.15) is 29.1 Å². The van der Waals surface area contributed by atoms with Crippen LogP contribution in [0.3, 0.4) is 0 Å². The van der Waals surface area contributed by atoms with Crippen LogP contribution in [0, 0.1) is 0 Å². The number of amides is 1. The Bertz CT molecular complexity index is 755. The molecule has 6 nitrogen and oxygen atoms in total. The zero-order chi connectivity index (χ0) is 16.4. The van der Waals surface area contributed by atoms with Gasteiger partial charge < -0.3 is 19.2 Å². The monoisotopic (exact) mass is 333 g/mol. The molecule has 0 saturated heterocycles. The second-order valence-corrected chi connectivity index (χ2v) is 5.77. The minimum Gasteiger partial charge on any atom is -0.482 e. The van der Waals surface area contributed by atoms with Crippen LogP contribution < -0.4 is 10.1 Å². The fourth-order valence-electron chi connectivity index (χ4n) is 2.18. The second-order valence-electron chi connectivity index (χ2n) is 4.96. The number of carbonyl (C=O) groups is 2. The first-order valence-electron chi connectivity index (χ1n) is 6.98. The van der Waals surface area contributed by atoms with Crippen LogP contribution in [-0.4, -0.2) is 24.7 Å². The van der Waals surface area contributed by atoms with Gasteiger partial charge in [-0.2, -0.15) is 0 Å². The summed E-state index contributed by atoms with van der Waals surface area (Å²) in [6, 6.07) is 8.58. The summed E-state index contributed by atoms with van der Waals surface area (Å²) in [4.78, 5) is 23.4. The zero-order valence-electron chi connectivity index (χ0n) is 12.6. The third-order valence-electron chi connectivity index (χ3n) is 3.37. The molecule has 120 valence electrons. The molecule has 3 rings (SSSR count). The maximum atomic E-state index is 12.1. The SMILES string of the molecule is CSc1ccc(C(=O)OC(C)c2ccc3c(c2)NC(=O)CO3)o1.